The molecule has 2 atom stereocenters. The number of carbonyl (C=O) groups is 1. The van der Waals surface area contributed by atoms with Gasteiger partial charge in [0.2, 0.25) is 0 Å². The first-order valence-corrected chi connectivity index (χ1v) is 12.1. The summed E-state index contributed by atoms with van der Waals surface area (Å²) in [4.78, 5) is 22.6. The Morgan fingerprint density at radius 2 is 1.86 bits per heavy atom. The number of nitrogens with one attached hydrogen (secondary N) is 2. The summed E-state index contributed by atoms with van der Waals surface area (Å²) in [5.41, 5.74) is 1.32. The average Bonchev–Trinajstić information content (AvgIpc) is 3.33. The maximum atomic E-state index is 15.0. The van der Waals surface area contributed by atoms with Gasteiger partial charge >= 0.3 is 5.97 Å². The summed E-state index contributed by atoms with van der Waals surface area (Å²) in [6, 6.07) is 4.59. The standard InChI is InChI=1S/C26H33FN8O2/c1-15(2)23(16(3)10-22(36)37-26(5,6)7)33-25-20(27)11-18(13-28)24(34-25)32-19-12-21(17(4)29-14-19)35-30-8-9-31-35/h8-9,11-12,14-16,23H,10H2,1-7H3,(H2,32,33,34)/t16-,23-/m1/s1. The molecule has 0 aliphatic carbocycles. The highest BCUT2D eigenvalue weighted by molar-refractivity contribution is 5.70. The van der Waals surface area contributed by atoms with Crippen LogP contribution in [0.25, 0.3) is 5.69 Å². The van der Waals surface area contributed by atoms with Gasteiger partial charge in [-0.2, -0.15) is 15.5 Å². The molecule has 0 radical (unpaired) electrons. The number of esters is 1. The van der Waals surface area contributed by atoms with Gasteiger partial charge in [-0.1, -0.05) is 20.8 Å². The van der Waals surface area contributed by atoms with E-state index in [4.69, 9.17) is 4.74 Å². The Kier molecular flexibility index (Phi) is 8.42. The van der Waals surface area contributed by atoms with E-state index in [-0.39, 0.29) is 47.5 Å². The fourth-order valence-electron chi connectivity index (χ4n) is 3.94. The first-order valence-electron chi connectivity index (χ1n) is 12.1. The van der Waals surface area contributed by atoms with Crippen LogP contribution in [0.1, 0.15) is 59.2 Å². The number of hydrogen-bond acceptors (Lipinski definition) is 9. The van der Waals surface area contributed by atoms with Gasteiger partial charge in [-0.15, -0.1) is 4.80 Å². The van der Waals surface area contributed by atoms with Crippen LogP contribution >= 0.6 is 0 Å². The molecule has 0 saturated carbocycles. The highest BCUT2D eigenvalue weighted by Gasteiger charge is 2.27. The third-order valence-corrected chi connectivity index (χ3v) is 5.60. The highest BCUT2D eigenvalue weighted by Crippen LogP contribution is 2.28. The van der Waals surface area contributed by atoms with Crippen molar-refractivity contribution in [2.75, 3.05) is 10.6 Å². The molecule has 0 fully saturated rings. The summed E-state index contributed by atoms with van der Waals surface area (Å²) in [5.74, 6) is -0.966. The number of anilines is 3. The third kappa shape index (κ3) is 7.22. The Morgan fingerprint density at radius 3 is 2.46 bits per heavy atom. The molecule has 3 aromatic rings. The Labute approximate surface area is 216 Å². The van der Waals surface area contributed by atoms with Gasteiger partial charge in [-0.25, -0.2) is 9.37 Å². The molecule has 0 amide bonds. The minimum absolute atomic E-state index is 0.0229. The summed E-state index contributed by atoms with van der Waals surface area (Å²) in [7, 11) is 0. The fourth-order valence-corrected chi connectivity index (χ4v) is 3.94. The number of aryl methyl sites for hydroxylation is 1. The van der Waals surface area contributed by atoms with Gasteiger partial charge in [0, 0.05) is 6.04 Å². The van der Waals surface area contributed by atoms with Gasteiger partial charge in [0.05, 0.1) is 42.0 Å². The molecular formula is C26H33FN8O2. The molecule has 0 bridgehead atoms. The molecule has 0 aliphatic rings. The number of ether oxygens (including phenoxy) is 1. The topological polar surface area (TPSA) is 131 Å². The van der Waals surface area contributed by atoms with Crippen molar-refractivity contribution in [1.29, 1.82) is 5.26 Å². The zero-order chi connectivity index (χ0) is 27.3. The summed E-state index contributed by atoms with van der Waals surface area (Å²) in [6.45, 7) is 13.1. The van der Waals surface area contributed by atoms with E-state index in [0.29, 0.717) is 17.1 Å². The summed E-state index contributed by atoms with van der Waals surface area (Å²) in [5, 5.41) is 24.1. The minimum atomic E-state index is -0.666. The lowest BCUT2D eigenvalue weighted by atomic mass is 9.89. The van der Waals surface area contributed by atoms with Crippen molar-refractivity contribution in [3.8, 4) is 11.8 Å². The fraction of sp³-hybridized carbons (Fsp3) is 0.462. The van der Waals surface area contributed by atoms with Crippen molar-refractivity contribution >= 4 is 23.3 Å². The second-order valence-electron chi connectivity index (χ2n) is 10.3. The van der Waals surface area contributed by atoms with Crippen LogP contribution in [0.15, 0.2) is 30.7 Å². The number of carbonyl (C=O) groups excluding carboxylic acids is 1. The molecule has 0 aliphatic heterocycles. The van der Waals surface area contributed by atoms with Crippen LogP contribution < -0.4 is 10.6 Å². The molecular weight excluding hydrogens is 475 g/mol. The lowest BCUT2D eigenvalue weighted by Crippen LogP contribution is -2.36. The second kappa shape index (κ2) is 11.3. The van der Waals surface area contributed by atoms with Crippen LogP contribution in [0.2, 0.25) is 0 Å². The zero-order valence-corrected chi connectivity index (χ0v) is 22.2. The lowest BCUT2D eigenvalue weighted by molar-refractivity contribution is -0.156. The van der Waals surface area contributed by atoms with E-state index in [9.17, 15) is 10.1 Å². The maximum absolute atomic E-state index is 15.0. The second-order valence-corrected chi connectivity index (χ2v) is 10.3. The van der Waals surface area contributed by atoms with E-state index >= 15 is 4.39 Å². The smallest absolute Gasteiger partial charge is 0.306 e. The van der Waals surface area contributed by atoms with E-state index < -0.39 is 11.4 Å². The molecule has 10 nitrogen and oxygen atoms in total. The quantitative estimate of drug-likeness (QED) is 0.386. The van der Waals surface area contributed by atoms with Crippen molar-refractivity contribution in [3.05, 3.63) is 47.8 Å². The van der Waals surface area contributed by atoms with Crippen LogP contribution in [-0.4, -0.2) is 42.6 Å². The van der Waals surface area contributed by atoms with Crippen LogP contribution in [-0.2, 0) is 9.53 Å². The number of pyridine rings is 2. The van der Waals surface area contributed by atoms with Crippen molar-refractivity contribution in [3.63, 3.8) is 0 Å². The molecule has 0 unspecified atom stereocenters. The number of nitrogens with zero attached hydrogens (tertiary/aromatic N) is 6. The lowest BCUT2D eigenvalue weighted by Gasteiger charge is -2.30. The predicted molar refractivity (Wildman–Crippen MR) is 138 cm³/mol. The largest absolute Gasteiger partial charge is 0.460 e. The minimum Gasteiger partial charge on any atom is -0.460 e. The maximum Gasteiger partial charge on any atom is 0.306 e. The van der Waals surface area contributed by atoms with Crippen molar-refractivity contribution < 1.29 is 13.9 Å². The third-order valence-electron chi connectivity index (χ3n) is 5.60. The van der Waals surface area contributed by atoms with Crippen LogP contribution in [0.5, 0.6) is 0 Å². The van der Waals surface area contributed by atoms with E-state index in [1.54, 1.807) is 24.7 Å². The molecule has 3 heterocycles. The molecule has 37 heavy (non-hydrogen) atoms. The summed E-state index contributed by atoms with van der Waals surface area (Å²) >= 11 is 0. The van der Waals surface area contributed by atoms with Gasteiger partial charge in [0.25, 0.3) is 0 Å². The summed E-state index contributed by atoms with van der Waals surface area (Å²) in [6.07, 6.45) is 4.86. The number of halogens is 1. The van der Waals surface area contributed by atoms with Gasteiger partial charge in [0.1, 0.15) is 17.4 Å². The Hall–Kier alpha value is -4.07. The Balaban J connectivity index is 1.87. The van der Waals surface area contributed by atoms with E-state index in [1.807, 2.05) is 54.5 Å². The normalized spacial score (nSPS) is 13.1. The molecule has 2 N–H and O–H groups in total. The zero-order valence-electron chi connectivity index (χ0n) is 22.2. The molecule has 3 rings (SSSR count). The average molecular weight is 509 g/mol. The number of nitriles is 1. The van der Waals surface area contributed by atoms with E-state index in [0.717, 1.165) is 6.07 Å². The number of aromatic nitrogens is 5. The first kappa shape index (κ1) is 27.5. The molecule has 0 aromatic carbocycles. The van der Waals surface area contributed by atoms with Crippen molar-refractivity contribution in [2.24, 2.45) is 11.8 Å². The first-order chi connectivity index (χ1) is 17.4. The van der Waals surface area contributed by atoms with Crippen molar-refractivity contribution in [2.45, 2.75) is 66.5 Å². The number of hydrogen-bond donors (Lipinski definition) is 2. The van der Waals surface area contributed by atoms with Gasteiger partial charge in [-0.3, -0.25) is 9.78 Å². The molecule has 0 saturated heterocycles. The van der Waals surface area contributed by atoms with Crippen LogP contribution in [0, 0.1) is 35.9 Å². The number of rotatable bonds is 9. The Bertz CT molecular complexity index is 1280. The van der Waals surface area contributed by atoms with Crippen LogP contribution in [0.4, 0.5) is 21.7 Å². The van der Waals surface area contributed by atoms with Crippen molar-refractivity contribution in [1.82, 2.24) is 25.0 Å². The SMILES string of the molecule is Cc1ncc(Nc2nc(N[C@H](C(C)C)[C@H](C)CC(=O)OC(C)(C)C)c(F)cc2C#N)cc1-n1nccn1. The predicted octanol–water partition coefficient (Wildman–Crippen LogP) is 4.92. The molecule has 3 aromatic heterocycles. The van der Waals surface area contributed by atoms with E-state index in [2.05, 4.69) is 30.8 Å². The molecule has 11 heteroatoms. The van der Waals surface area contributed by atoms with Gasteiger partial charge in [-0.05, 0) is 51.7 Å². The highest BCUT2D eigenvalue weighted by atomic mass is 19.1. The summed E-state index contributed by atoms with van der Waals surface area (Å²) < 4.78 is 20.5. The molecule has 196 valence electrons. The van der Waals surface area contributed by atoms with E-state index in [1.165, 1.54) is 4.80 Å². The van der Waals surface area contributed by atoms with Gasteiger partial charge in [0.15, 0.2) is 17.5 Å². The Morgan fingerprint density at radius 1 is 1.19 bits per heavy atom. The monoisotopic (exact) mass is 508 g/mol. The molecule has 0 spiro atoms. The van der Waals surface area contributed by atoms with Crippen LogP contribution in [0.3, 0.4) is 0 Å². The van der Waals surface area contributed by atoms with Gasteiger partial charge < -0.3 is 15.4 Å².